The molecule has 2 rings (SSSR count). The van der Waals surface area contributed by atoms with Crippen LogP contribution in [0.5, 0.6) is 11.5 Å². The van der Waals surface area contributed by atoms with Crippen LogP contribution in [0.15, 0.2) is 42.5 Å². The van der Waals surface area contributed by atoms with Crippen molar-refractivity contribution >= 4 is 24.0 Å². The molecule has 2 aromatic rings. The van der Waals surface area contributed by atoms with E-state index >= 15 is 0 Å². The third-order valence-electron chi connectivity index (χ3n) is 3.09. The summed E-state index contributed by atoms with van der Waals surface area (Å²) < 4.78 is 11.2. The van der Waals surface area contributed by atoms with Gasteiger partial charge in [0, 0.05) is 6.54 Å². The quantitative estimate of drug-likeness (QED) is 0.806. The standard InChI is InChI=1S/C17H20ClNO2.ClH/c1-3-19-11-14-9-15(18)17(16(10-14)20-2)21-12-13-7-5-4-6-8-13;/h4-10,19H,3,11-12H2,1-2H3;1H. The Morgan fingerprint density at radius 3 is 2.45 bits per heavy atom. The Morgan fingerprint density at radius 2 is 1.82 bits per heavy atom. The zero-order chi connectivity index (χ0) is 15.1. The molecule has 0 spiro atoms. The minimum Gasteiger partial charge on any atom is -0.493 e. The molecular formula is C17H21Cl2NO2. The van der Waals surface area contributed by atoms with Crippen LogP contribution in [-0.2, 0) is 13.2 Å². The second-order valence-electron chi connectivity index (χ2n) is 4.66. The van der Waals surface area contributed by atoms with Crippen LogP contribution >= 0.6 is 24.0 Å². The van der Waals surface area contributed by atoms with Gasteiger partial charge in [-0.25, -0.2) is 0 Å². The van der Waals surface area contributed by atoms with Crippen LogP contribution in [0, 0.1) is 0 Å². The van der Waals surface area contributed by atoms with Gasteiger partial charge in [0.05, 0.1) is 12.1 Å². The van der Waals surface area contributed by atoms with Crippen LogP contribution < -0.4 is 14.8 Å². The smallest absolute Gasteiger partial charge is 0.180 e. The van der Waals surface area contributed by atoms with E-state index in [2.05, 4.69) is 12.2 Å². The van der Waals surface area contributed by atoms with Gasteiger partial charge in [0.25, 0.3) is 0 Å². The number of ether oxygens (including phenoxy) is 2. The zero-order valence-electron chi connectivity index (χ0n) is 12.8. The summed E-state index contributed by atoms with van der Waals surface area (Å²) in [6, 6.07) is 13.8. The topological polar surface area (TPSA) is 30.5 Å². The van der Waals surface area contributed by atoms with Crippen molar-refractivity contribution in [2.45, 2.75) is 20.1 Å². The molecule has 0 radical (unpaired) electrons. The van der Waals surface area contributed by atoms with E-state index in [1.807, 2.05) is 42.5 Å². The number of methoxy groups -OCH3 is 1. The third-order valence-corrected chi connectivity index (χ3v) is 3.38. The van der Waals surface area contributed by atoms with Crippen molar-refractivity contribution in [1.29, 1.82) is 0 Å². The van der Waals surface area contributed by atoms with E-state index in [-0.39, 0.29) is 12.4 Å². The largest absolute Gasteiger partial charge is 0.493 e. The molecule has 2 aromatic carbocycles. The van der Waals surface area contributed by atoms with E-state index in [0.717, 1.165) is 24.2 Å². The lowest BCUT2D eigenvalue weighted by Crippen LogP contribution is -2.12. The summed E-state index contributed by atoms with van der Waals surface area (Å²) in [5.74, 6) is 1.25. The molecule has 0 atom stereocenters. The highest BCUT2D eigenvalue weighted by Gasteiger charge is 2.12. The molecule has 0 aliphatic heterocycles. The van der Waals surface area contributed by atoms with Crippen molar-refractivity contribution in [3.63, 3.8) is 0 Å². The summed E-state index contributed by atoms with van der Waals surface area (Å²) in [5.41, 5.74) is 2.16. The van der Waals surface area contributed by atoms with E-state index in [4.69, 9.17) is 21.1 Å². The highest BCUT2D eigenvalue weighted by molar-refractivity contribution is 6.32. The van der Waals surface area contributed by atoms with Crippen LogP contribution in [0.1, 0.15) is 18.1 Å². The summed E-state index contributed by atoms with van der Waals surface area (Å²) in [6.07, 6.45) is 0. The molecule has 0 fully saturated rings. The normalized spacial score (nSPS) is 9.95. The monoisotopic (exact) mass is 341 g/mol. The summed E-state index contributed by atoms with van der Waals surface area (Å²) in [7, 11) is 1.62. The highest BCUT2D eigenvalue weighted by atomic mass is 35.5. The molecule has 22 heavy (non-hydrogen) atoms. The maximum absolute atomic E-state index is 6.33. The fraction of sp³-hybridized carbons (Fsp3) is 0.294. The predicted molar refractivity (Wildman–Crippen MR) is 93.4 cm³/mol. The van der Waals surface area contributed by atoms with Crippen molar-refractivity contribution in [2.24, 2.45) is 0 Å². The number of nitrogens with one attached hydrogen (secondary N) is 1. The summed E-state index contributed by atoms with van der Waals surface area (Å²) >= 11 is 6.33. The maximum atomic E-state index is 6.33. The lowest BCUT2D eigenvalue weighted by Gasteiger charge is -2.14. The Hall–Kier alpha value is -1.42. The fourth-order valence-corrected chi connectivity index (χ4v) is 2.30. The van der Waals surface area contributed by atoms with E-state index in [1.54, 1.807) is 7.11 Å². The van der Waals surface area contributed by atoms with Gasteiger partial charge in [0.15, 0.2) is 11.5 Å². The second kappa shape index (κ2) is 9.57. The molecule has 0 heterocycles. The van der Waals surface area contributed by atoms with Crippen molar-refractivity contribution in [1.82, 2.24) is 5.32 Å². The Kier molecular flexibility index (Phi) is 8.10. The molecule has 0 unspecified atom stereocenters. The molecule has 1 N–H and O–H groups in total. The first-order chi connectivity index (χ1) is 10.2. The zero-order valence-corrected chi connectivity index (χ0v) is 14.3. The Labute approximate surface area is 143 Å². The molecule has 3 nitrogen and oxygen atoms in total. The summed E-state index contributed by atoms with van der Waals surface area (Å²) in [6.45, 7) is 4.19. The van der Waals surface area contributed by atoms with E-state index < -0.39 is 0 Å². The molecule has 0 saturated heterocycles. The third kappa shape index (κ3) is 5.09. The maximum Gasteiger partial charge on any atom is 0.180 e. The molecule has 0 aliphatic rings. The Morgan fingerprint density at radius 1 is 1.09 bits per heavy atom. The van der Waals surface area contributed by atoms with E-state index in [1.165, 1.54) is 0 Å². The fourth-order valence-electron chi connectivity index (χ4n) is 2.01. The van der Waals surface area contributed by atoms with Crippen LogP contribution in [0.2, 0.25) is 5.02 Å². The predicted octanol–water partition coefficient (Wildman–Crippen LogP) is 4.46. The van der Waals surface area contributed by atoms with Gasteiger partial charge < -0.3 is 14.8 Å². The molecular weight excluding hydrogens is 321 g/mol. The number of benzene rings is 2. The van der Waals surface area contributed by atoms with Crippen LogP contribution in [-0.4, -0.2) is 13.7 Å². The molecule has 0 aromatic heterocycles. The SMILES string of the molecule is CCNCc1cc(Cl)c(OCc2ccccc2)c(OC)c1.Cl. The van der Waals surface area contributed by atoms with Gasteiger partial charge >= 0.3 is 0 Å². The number of hydrogen-bond donors (Lipinski definition) is 1. The molecule has 0 amide bonds. The molecule has 0 saturated carbocycles. The molecule has 120 valence electrons. The number of rotatable bonds is 7. The van der Waals surface area contributed by atoms with Crippen LogP contribution in [0.4, 0.5) is 0 Å². The first kappa shape index (κ1) is 18.6. The van der Waals surface area contributed by atoms with Crippen molar-refractivity contribution in [3.8, 4) is 11.5 Å². The minimum absolute atomic E-state index is 0. The van der Waals surface area contributed by atoms with Gasteiger partial charge in [-0.1, -0.05) is 48.9 Å². The van der Waals surface area contributed by atoms with Crippen LogP contribution in [0.25, 0.3) is 0 Å². The second-order valence-corrected chi connectivity index (χ2v) is 5.07. The van der Waals surface area contributed by atoms with Crippen LogP contribution in [0.3, 0.4) is 0 Å². The number of halogens is 2. The Balaban J connectivity index is 0.00000242. The first-order valence-electron chi connectivity index (χ1n) is 6.98. The minimum atomic E-state index is 0. The average molecular weight is 342 g/mol. The van der Waals surface area contributed by atoms with E-state index in [0.29, 0.717) is 23.1 Å². The van der Waals surface area contributed by atoms with Crippen molar-refractivity contribution < 1.29 is 9.47 Å². The van der Waals surface area contributed by atoms with Crippen molar-refractivity contribution in [2.75, 3.05) is 13.7 Å². The molecule has 0 aliphatic carbocycles. The van der Waals surface area contributed by atoms with Gasteiger partial charge in [-0.05, 0) is 29.8 Å². The van der Waals surface area contributed by atoms with Gasteiger partial charge in [-0.3, -0.25) is 0 Å². The van der Waals surface area contributed by atoms with Gasteiger partial charge in [-0.2, -0.15) is 0 Å². The molecule has 5 heteroatoms. The molecule has 0 bridgehead atoms. The first-order valence-corrected chi connectivity index (χ1v) is 7.36. The Bertz CT molecular complexity index is 576. The highest BCUT2D eigenvalue weighted by Crippen LogP contribution is 2.36. The van der Waals surface area contributed by atoms with Gasteiger partial charge in [-0.15, -0.1) is 12.4 Å². The van der Waals surface area contributed by atoms with Crippen molar-refractivity contribution in [3.05, 3.63) is 58.6 Å². The lowest BCUT2D eigenvalue weighted by molar-refractivity contribution is 0.284. The van der Waals surface area contributed by atoms with Gasteiger partial charge in [0.1, 0.15) is 6.61 Å². The summed E-state index contributed by atoms with van der Waals surface area (Å²) in [5, 5.41) is 3.83. The average Bonchev–Trinajstić information content (AvgIpc) is 2.52. The summed E-state index contributed by atoms with van der Waals surface area (Å²) in [4.78, 5) is 0. The van der Waals surface area contributed by atoms with Gasteiger partial charge in [0.2, 0.25) is 0 Å². The lowest BCUT2D eigenvalue weighted by atomic mass is 10.2. The number of hydrogen-bond acceptors (Lipinski definition) is 3. The van der Waals surface area contributed by atoms with E-state index in [9.17, 15) is 0 Å².